The van der Waals surface area contributed by atoms with Crippen molar-refractivity contribution in [3.05, 3.63) is 89.9 Å². The molecule has 9 heteroatoms. The van der Waals surface area contributed by atoms with Gasteiger partial charge in [0.2, 0.25) is 0 Å². The smallest absolute Gasteiger partial charge is 0.339 e. The molecule has 0 saturated heterocycles. The van der Waals surface area contributed by atoms with Crippen LogP contribution in [0, 0.1) is 0 Å². The summed E-state index contributed by atoms with van der Waals surface area (Å²) in [5.74, 6) is -1.96. The normalized spacial score (nSPS) is 12.1. The molecule has 3 aromatic carbocycles. The van der Waals surface area contributed by atoms with Gasteiger partial charge in [0.25, 0.3) is 10.0 Å². The molecule has 0 radical (unpaired) electrons. The molecule has 0 amide bonds. The van der Waals surface area contributed by atoms with Gasteiger partial charge in [0, 0.05) is 11.9 Å². The van der Waals surface area contributed by atoms with E-state index in [4.69, 9.17) is 5.11 Å². The number of aromatic carboxylic acids is 1. The molecule has 0 fully saturated rings. The first kappa shape index (κ1) is 22.1. The molecule has 4 rings (SSSR count). The molecule has 8 nitrogen and oxygen atoms in total. The van der Waals surface area contributed by atoms with E-state index in [1.807, 2.05) is 72.2 Å². The Morgan fingerprint density at radius 2 is 1.70 bits per heavy atom. The fraction of sp³-hybridized carbons (Fsp3) is 0.0833. The molecule has 1 aromatic heterocycles. The Bertz CT molecular complexity index is 1530. The minimum absolute atomic E-state index is 0.325. The second-order valence-corrected chi connectivity index (χ2v) is 8.90. The summed E-state index contributed by atoms with van der Waals surface area (Å²) in [6, 6.07) is 22.3. The van der Waals surface area contributed by atoms with Crippen LogP contribution in [0.3, 0.4) is 0 Å². The van der Waals surface area contributed by atoms with E-state index in [1.165, 1.54) is 0 Å². The Labute approximate surface area is 190 Å². The number of aromatic nitrogens is 1. The Morgan fingerprint density at radius 1 is 1.00 bits per heavy atom. The lowest BCUT2D eigenvalue weighted by Crippen LogP contribution is -2.28. The highest BCUT2D eigenvalue weighted by Gasteiger charge is 2.19. The molecule has 0 aliphatic carbocycles. The van der Waals surface area contributed by atoms with Crippen molar-refractivity contribution in [1.29, 1.82) is 0 Å². The number of benzene rings is 3. The predicted molar refractivity (Wildman–Crippen MR) is 124 cm³/mol. The SMILES string of the molecule is CCn1c(=NNS(=O)(=O)c2ccc(O)c(C(=O)O)c2)cc(-c2ccccc2)c2ccccc21. The summed E-state index contributed by atoms with van der Waals surface area (Å²) in [5.41, 5.74) is 2.61. The minimum Gasteiger partial charge on any atom is -0.507 e. The zero-order chi connectivity index (χ0) is 23.6. The zero-order valence-corrected chi connectivity index (χ0v) is 18.5. The van der Waals surface area contributed by atoms with Crippen molar-refractivity contribution in [2.24, 2.45) is 5.10 Å². The van der Waals surface area contributed by atoms with Gasteiger partial charge in [-0.15, -0.1) is 5.10 Å². The van der Waals surface area contributed by atoms with Crippen molar-refractivity contribution in [3.63, 3.8) is 0 Å². The first-order chi connectivity index (χ1) is 15.8. The number of pyridine rings is 1. The third-order valence-electron chi connectivity index (χ3n) is 5.23. The first-order valence-electron chi connectivity index (χ1n) is 10.1. The summed E-state index contributed by atoms with van der Waals surface area (Å²) >= 11 is 0. The lowest BCUT2D eigenvalue weighted by atomic mass is 10.0. The molecule has 168 valence electrons. The van der Waals surface area contributed by atoms with Crippen LogP contribution in [0.1, 0.15) is 17.3 Å². The maximum atomic E-state index is 12.8. The first-order valence-corrected chi connectivity index (χ1v) is 11.6. The number of aryl methyl sites for hydroxylation is 1. The molecule has 0 bridgehead atoms. The largest absolute Gasteiger partial charge is 0.507 e. The highest BCUT2D eigenvalue weighted by atomic mass is 32.2. The lowest BCUT2D eigenvalue weighted by molar-refractivity contribution is 0.0693. The predicted octanol–water partition coefficient (Wildman–Crippen LogP) is 3.53. The molecule has 0 aliphatic rings. The van der Waals surface area contributed by atoms with Crippen LogP contribution in [0.2, 0.25) is 0 Å². The average molecular weight is 464 g/mol. The summed E-state index contributed by atoms with van der Waals surface area (Å²) in [7, 11) is -4.19. The van der Waals surface area contributed by atoms with Gasteiger partial charge in [-0.25, -0.2) is 4.79 Å². The average Bonchev–Trinajstić information content (AvgIpc) is 2.82. The molecule has 3 N–H and O–H groups in total. The monoisotopic (exact) mass is 463 g/mol. The molecule has 33 heavy (non-hydrogen) atoms. The van der Waals surface area contributed by atoms with Crippen molar-refractivity contribution in [2.75, 3.05) is 0 Å². The van der Waals surface area contributed by atoms with E-state index in [0.717, 1.165) is 40.2 Å². The molecule has 0 atom stereocenters. The molecule has 0 unspecified atom stereocenters. The third-order valence-corrected chi connectivity index (χ3v) is 6.43. The number of aromatic hydroxyl groups is 1. The molecule has 0 saturated carbocycles. The molecule has 4 aromatic rings. The maximum Gasteiger partial charge on any atom is 0.339 e. The van der Waals surface area contributed by atoms with Crippen molar-refractivity contribution < 1.29 is 23.4 Å². The summed E-state index contributed by atoms with van der Waals surface area (Å²) < 4.78 is 27.5. The molecule has 1 heterocycles. The van der Waals surface area contributed by atoms with Crippen molar-refractivity contribution in [3.8, 4) is 16.9 Å². The Balaban J connectivity index is 1.87. The summed E-state index contributed by atoms with van der Waals surface area (Å²) in [6.45, 7) is 2.47. The number of carboxylic acid groups (broad SMARTS) is 1. The van der Waals surface area contributed by atoms with Gasteiger partial charge in [-0.3, -0.25) is 0 Å². The standard InChI is InChI=1S/C24H21N3O5S/c1-2-27-21-11-7-6-10-18(21)19(16-8-4-3-5-9-16)15-23(27)25-26-33(31,32)17-12-13-22(28)20(14-17)24(29)30/h3-15,26,28H,2H2,1H3,(H,29,30). The van der Waals surface area contributed by atoms with Crippen molar-refractivity contribution in [2.45, 2.75) is 18.4 Å². The van der Waals surface area contributed by atoms with Crippen LogP contribution in [-0.4, -0.2) is 29.2 Å². The number of hydrogen-bond acceptors (Lipinski definition) is 5. The number of carbonyl (C=O) groups is 1. The van der Waals surface area contributed by atoms with E-state index in [-0.39, 0.29) is 4.90 Å². The number of hydrogen-bond donors (Lipinski definition) is 3. The second kappa shape index (κ2) is 8.79. The highest BCUT2D eigenvalue weighted by Crippen LogP contribution is 2.27. The third kappa shape index (κ3) is 4.31. The Hall–Kier alpha value is -4.11. The van der Waals surface area contributed by atoms with Gasteiger partial charge >= 0.3 is 5.97 Å². The van der Waals surface area contributed by atoms with E-state index in [9.17, 15) is 18.3 Å². The van der Waals surface area contributed by atoms with Gasteiger partial charge in [0.05, 0.1) is 10.4 Å². The fourth-order valence-electron chi connectivity index (χ4n) is 3.64. The number of para-hydroxylation sites is 1. The summed E-state index contributed by atoms with van der Waals surface area (Å²) in [5, 5.41) is 24.0. The van der Waals surface area contributed by atoms with Gasteiger partial charge in [-0.1, -0.05) is 48.5 Å². The summed E-state index contributed by atoms with van der Waals surface area (Å²) in [4.78, 5) is 13.1. The van der Waals surface area contributed by atoms with E-state index < -0.39 is 27.3 Å². The van der Waals surface area contributed by atoms with Crippen molar-refractivity contribution >= 4 is 26.9 Å². The molecular formula is C24H21N3O5S. The van der Waals surface area contributed by atoms with Crippen LogP contribution in [0.15, 0.2) is 88.9 Å². The minimum atomic E-state index is -4.19. The summed E-state index contributed by atoms with van der Waals surface area (Å²) in [6.07, 6.45) is 0. The van der Waals surface area contributed by atoms with Gasteiger partial charge < -0.3 is 14.8 Å². The van der Waals surface area contributed by atoms with Crippen LogP contribution in [-0.2, 0) is 16.6 Å². The van der Waals surface area contributed by atoms with Crippen LogP contribution >= 0.6 is 0 Å². The molecular weight excluding hydrogens is 442 g/mol. The van der Waals surface area contributed by atoms with Crippen LogP contribution < -0.4 is 10.3 Å². The molecule has 0 aliphatic heterocycles. The van der Waals surface area contributed by atoms with E-state index in [1.54, 1.807) is 0 Å². The van der Waals surface area contributed by atoms with E-state index >= 15 is 0 Å². The number of carboxylic acids is 1. The van der Waals surface area contributed by atoms with Crippen molar-refractivity contribution in [1.82, 2.24) is 9.40 Å². The zero-order valence-electron chi connectivity index (χ0n) is 17.6. The van der Waals surface area contributed by atoms with Gasteiger partial charge in [0.1, 0.15) is 11.3 Å². The van der Waals surface area contributed by atoms with E-state index in [2.05, 4.69) is 9.93 Å². The van der Waals surface area contributed by atoms with Crippen LogP contribution in [0.4, 0.5) is 0 Å². The number of nitrogens with one attached hydrogen (secondary N) is 1. The Morgan fingerprint density at radius 3 is 2.39 bits per heavy atom. The fourth-order valence-corrected chi connectivity index (χ4v) is 4.48. The van der Waals surface area contributed by atoms with Crippen LogP contribution in [0.5, 0.6) is 5.75 Å². The number of fused-ring (bicyclic) bond motifs is 1. The molecule has 0 spiro atoms. The van der Waals surface area contributed by atoms with E-state index in [0.29, 0.717) is 12.0 Å². The maximum absolute atomic E-state index is 12.8. The van der Waals surface area contributed by atoms with Gasteiger partial charge in [-0.05, 0) is 48.4 Å². The number of nitrogens with zero attached hydrogens (tertiary/aromatic N) is 2. The van der Waals surface area contributed by atoms with Crippen LogP contribution in [0.25, 0.3) is 22.0 Å². The second-order valence-electron chi connectivity index (χ2n) is 7.23. The van der Waals surface area contributed by atoms with Gasteiger partial charge in [0.15, 0.2) is 5.49 Å². The number of rotatable bonds is 6. The number of phenols is 1. The highest BCUT2D eigenvalue weighted by molar-refractivity contribution is 7.89. The van der Waals surface area contributed by atoms with Gasteiger partial charge in [-0.2, -0.15) is 13.2 Å². The quantitative estimate of drug-likeness (QED) is 0.378. The topological polar surface area (TPSA) is 121 Å². The lowest BCUT2D eigenvalue weighted by Gasteiger charge is -2.14. The Kier molecular flexibility index (Phi) is 5.89. The number of sulfonamides is 1.